The van der Waals surface area contributed by atoms with Crippen LogP contribution in [0.2, 0.25) is 5.02 Å². The van der Waals surface area contributed by atoms with E-state index in [0.717, 1.165) is 5.56 Å². The molecule has 0 N–H and O–H groups in total. The first-order chi connectivity index (χ1) is 10.8. The van der Waals surface area contributed by atoms with Crippen LogP contribution in [0.25, 0.3) is 0 Å². The number of benzene rings is 2. The summed E-state index contributed by atoms with van der Waals surface area (Å²) in [7, 11) is -1.35. The number of rotatable bonds is 4. The van der Waals surface area contributed by atoms with Gasteiger partial charge in [-0.15, -0.1) is 0 Å². The molecule has 0 saturated carbocycles. The number of hydrogen-bond donors (Lipinski definition) is 0. The van der Waals surface area contributed by atoms with Gasteiger partial charge in [0.1, 0.15) is 0 Å². The normalized spacial score (nSPS) is 12.4. The van der Waals surface area contributed by atoms with Crippen molar-refractivity contribution in [3.8, 4) is 6.07 Å². The zero-order valence-corrected chi connectivity index (χ0v) is 15.3. The van der Waals surface area contributed by atoms with E-state index >= 15 is 0 Å². The van der Waals surface area contributed by atoms with Gasteiger partial charge in [0.2, 0.25) is 0 Å². The van der Waals surface area contributed by atoms with Gasteiger partial charge in [-0.1, -0.05) is 51.4 Å². The van der Waals surface area contributed by atoms with E-state index in [2.05, 4.69) is 19.9 Å². The van der Waals surface area contributed by atoms with E-state index < -0.39 is 10.8 Å². The molecule has 1 unspecified atom stereocenters. The Morgan fingerprint density at radius 1 is 1.00 bits per heavy atom. The van der Waals surface area contributed by atoms with E-state index in [1.807, 2.05) is 38.1 Å². The Bertz CT molecular complexity index is 773. The summed E-state index contributed by atoms with van der Waals surface area (Å²) in [6, 6.07) is 13.3. The zero-order valence-electron chi connectivity index (χ0n) is 13.8. The van der Waals surface area contributed by atoms with E-state index in [1.54, 1.807) is 12.1 Å². The first-order valence-electron chi connectivity index (χ1n) is 7.60. The smallest absolute Gasteiger partial charge is 0.0995 e. The topological polar surface area (TPSA) is 40.9 Å². The van der Waals surface area contributed by atoms with Crippen LogP contribution < -0.4 is 0 Å². The van der Waals surface area contributed by atoms with Crippen molar-refractivity contribution in [2.24, 2.45) is 0 Å². The molecule has 0 aliphatic heterocycles. The maximum Gasteiger partial charge on any atom is 0.0995 e. The summed E-state index contributed by atoms with van der Waals surface area (Å²) in [5.74, 6) is 0.576. The molecule has 0 aromatic heterocycles. The van der Waals surface area contributed by atoms with Crippen LogP contribution in [0.5, 0.6) is 0 Å². The highest BCUT2D eigenvalue weighted by atomic mass is 35.5. The molecule has 4 heteroatoms. The Labute approximate surface area is 145 Å². The van der Waals surface area contributed by atoms with Crippen LogP contribution in [0.3, 0.4) is 0 Å². The summed E-state index contributed by atoms with van der Waals surface area (Å²) in [5.41, 5.74) is 2.51. The maximum atomic E-state index is 12.8. The molecule has 2 aromatic rings. The highest BCUT2D eigenvalue weighted by molar-refractivity contribution is 7.85. The van der Waals surface area contributed by atoms with Crippen LogP contribution in [0, 0.1) is 11.3 Å². The van der Waals surface area contributed by atoms with Crippen molar-refractivity contribution >= 4 is 22.4 Å². The molecule has 2 nitrogen and oxygen atoms in total. The minimum Gasteiger partial charge on any atom is -0.249 e. The summed E-state index contributed by atoms with van der Waals surface area (Å²) < 4.78 is 12.8. The highest BCUT2D eigenvalue weighted by Gasteiger charge is 2.16. The average Bonchev–Trinajstić information content (AvgIpc) is 2.52. The maximum absolute atomic E-state index is 12.8. The third-order valence-electron chi connectivity index (χ3n) is 3.78. The summed E-state index contributed by atoms with van der Waals surface area (Å²) in [5, 5.41) is 9.86. The quantitative estimate of drug-likeness (QED) is 0.721. The number of halogens is 1. The Kier molecular flexibility index (Phi) is 5.62. The van der Waals surface area contributed by atoms with Crippen molar-refractivity contribution in [3.05, 3.63) is 58.1 Å². The molecule has 0 heterocycles. The Morgan fingerprint density at radius 2 is 1.61 bits per heavy atom. The summed E-state index contributed by atoms with van der Waals surface area (Å²) in [4.78, 5) is 1.28. The fourth-order valence-corrected chi connectivity index (χ4v) is 4.10. The van der Waals surface area contributed by atoms with Gasteiger partial charge in [0.05, 0.1) is 22.4 Å². The second kappa shape index (κ2) is 7.29. The second-order valence-electron chi connectivity index (χ2n) is 6.13. The first kappa shape index (κ1) is 17.7. The molecule has 0 bridgehead atoms. The largest absolute Gasteiger partial charge is 0.249 e. The molecular formula is C19H20ClNOS. The molecule has 0 aliphatic carbocycles. The summed E-state index contributed by atoms with van der Waals surface area (Å²) >= 11 is 6.32. The lowest BCUT2D eigenvalue weighted by Gasteiger charge is -2.13. The SMILES string of the molecule is CC(C)c1ccc(S(=O)c2cc(Cl)c(C(C)C)c(C#N)c2)cc1. The zero-order chi connectivity index (χ0) is 17.1. The van der Waals surface area contributed by atoms with Gasteiger partial charge in [-0.2, -0.15) is 5.26 Å². The van der Waals surface area contributed by atoms with Crippen molar-refractivity contribution < 1.29 is 4.21 Å². The molecule has 0 aliphatic rings. The molecule has 2 aromatic carbocycles. The Morgan fingerprint density at radius 3 is 2.09 bits per heavy atom. The van der Waals surface area contributed by atoms with E-state index in [9.17, 15) is 9.47 Å². The second-order valence-corrected chi connectivity index (χ2v) is 8.01. The van der Waals surface area contributed by atoms with Crippen LogP contribution >= 0.6 is 11.6 Å². The van der Waals surface area contributed by atoms with Crippen molar-refractivity contribution in [1.29, 1.82) is 5.26 Å². The van der Waals surface area contributed by atoms with Gasteiger partial charge in [0, 0.05) is 14.8 Å². The first-order valence-corrected chi connectivity index (χ1v) is 9.13. The molecule has 1 atom stereocenters. The van der Waals surface area contributed by atoms with Gasteiger partial charge in [0.15, 0.2) is 0 Å². The lowest BCUT2D eigenvalue weighted by molar-refractivity contribution is 0.683. The number of nitrogens with zero attached hydrogens (tertiary/aromatic N) is 1. The van der Waals surface area contributed by atoms with Gasteiger partial charge in [-0.3, -0.25) is 0 Å². The summed E-state index contributed by atoms with van der Waals surface area (Å²) in [6.07, 6.45) is 0. The third-order valence-corrected chi connectivity index (χ3v) is 5.45. The minimum atomic E-state index is -1.35. The van der Waals surface area contributed by atoms with Gasteiger partial charge in [-0.25, -0.2) is 4.21 Å². The van der Waals surface area contributed by atoms with Gasteiger partial charge >= 0.3 is 0 Å². The number of nitriles is 1. The van der Waals surface area contributed by atoms with Crippen molar-refractivity contribution in [1.82, 2.24) is 0 Å². The molecule has 0 saturated heterocycles. The molecule has 23 heavy (non-hydrogen) atoms. The molecule has 0 amide bonds. The van der Waals surface area contributed by atoms with Gasteiger partial charge in [-0.05, 0) is 47.2 Å². The molecule has 2 rings (SSSR count). The fraction of sp³-hybridized carbons (Fsp3) is 0.316. The summed E-state index contributed by atoms with van der Waals surface area (Å²) in [6.45, 7) is 8.22. The molecule has 0 radical (unpaired) electrons. The van der Waals surface area contributed by atoms with Crippen molar-refractivity contribution in [2.45, 2.75) is 49.3 Å². The molecule has 120 valence electrons. The van der Waals surface area contributed by atoms with Crippen molar-refractivity contribution in [2.75, 3.05) is 0 Å². The monoisotopic (exact) mass is 345 g/mol. The predicted octanol–water partition coefficient (Wildman–Crippen LogP) is 5.63. The van der Waals surface area contributed by atoms with E-state index in [0.29, 0.717) is 26.3 Å². The van der Waals surface area contributed by atoms with Crippen molar-refractivity contribution in [3.63, 3.8) is 0 Å². The van der Waals surface area contributed by atoms with Gasteiger partial charge in [0.25, 0.3) is 0 Å². The van der Waals surface area contributed by atoms with Crippen LogP contribution in [0.4, 0.5) is 0 Å². The Hall–Kier alpha value is -1.63. The lowest BCUT2D eigenvalue weighted by Crippen LogP contribution is -2.00. The van der Waals surface area contributed by atoms with Crippen LogP contribution in [-0.2, 0) is 10.8 Å². The third kappa shape index (κ3) is 3.83. The Balaban J connectivity index is 2.44. The highest BCUT2D eigenvalue weighted by Crippen LogP contribution is 2.31. The molecule has 0 spiro atoms. The van der Waals surface area contributed by atoms with Gasteiger partial charge < -0.3 is 0 Å². The number of hydrogen-bond acceptors (Lipinski definition) is 2. The van der Waals surface area contributed by atoms with Crippen LogP contribution in [-0.4, -0.2) is 4.21 Å². The molecular weight excluding hydrogens is 326 g/mol. The fourth-order valence-electron chi connectivity index (χ4n) is 2.49. The van der Waals surface area contributed by atoms with E-state index in [1.165, 1.54) is 5.56 Å². The predicted molar refractivity (Wildman–Crippen MR) is 95.5 cm³/mol. The standard InChI is InChI=1S/C19H20ClNOS/c1-12(2)14-5-7-16(8-6-14)23(22)17-9-15(11-21)19(13(3)4)18(20)10-17/h5-10,12-13H,1-4H3. The lowest BCUT2D eigenvalue weighted by atomic mass is 9.98. The van der Waals surface area contributed by atoms with E-state index in [-0.39, 0.29) is 5.92 Å². The minimum absolute atomic E-state index is 0.143. The van der Waals surface area contributed by atoms with Crippen LogP contribution in [0.15, 0.2) is 46.2 Å². The van der Waals surface area contributed by atoms with E-state index in [4.69, 9.17) is 11.6 Å². The average molecular weight is 346 g/mol. The van der Waals surface area contributed by atoms with Crippen LogP contribution in [0.1, 0.15) is 56.2 Å². The molecule has 0 fully saturated rings.